The average molecular weight is 221 g/mol. The van der Waals surface area contributed by atoms with Crippen LogP contribution in [0.25, 0.3) is 0 Å². The molecule has 1 rings (SSSR count). The first-order valence-corrected chi connectivity index (χ1v) is 5.73. The van der Waals surface area contributed by atoms with Crippen molar-refractivity contribution in [1.29, 1.82) is 0 Å². The molecule has 0 saturated heterocycles. The SMILES string of the molecule is COC(C)(C)CC(N)c1ccc(C)c(C)c1. The van der Waals surface area contributed by atoms with E-state index >= 15 is 0 Å². The van der Waals surface area contributed by atoms with Crippen molar-refractivity contribution < 1.29 is 4.74 Å². The Morgan fingerprint density at radius 1 is 1.25 bits per heavy atom. The number of aryl methyl sites for hydroxylation is 2. The monoisotopic (exact) mass is 221 g/mol. The molecule has 90 valence electrons. The van der Waals surface area contributed by atoms with Gasteiger partial charge in [-0.25, -0.2) is 0 Å². The quantitative estimate of drug-likeness (QED) is 0.848. The van der Waals surface area contributed by atoms with Crippen molar-refractivity contribution in [3.8, 4) is 0 Å². The summed E-state index contributed by atoms with van der Waals surface area (Å²) in [5, 5.41) is 0. The Kier molecular flexibility index (Phi) is 4.11. The average Bonchev–Trinajstić information content (AvgIpc) is 2.21. The van der Waals surface area contributed by atoms with Crippen LogP contribution in [0.5, 0.6) is 0 Å². The molecule has 0 heterocycles. The van der Waals surface area contributed by atoms with Crippen LogP contribution < -0.4 is 5.73 Å². The van der Waals surface area contributed by atoms with Crippen LogP contribution in [-0.2, 0) is 4.74 Å². The molecule has 1 aromatic rings. The smallest absolute Gasteiger partial charge is 0.0640 e. The first-order chi connectivity index (χ1) is 7.35. The third-order valence-corrected chi connectivity index (χ3v) is 3.22. The zero-order chi connectivity index (χ0) is 12.3. The maximum atomic E-state index is 6.20. The van der Waals surface area contributed by atoms with Crippen LogP contribution in [0.1, 0.15) is 43.0 Å². The van der Waals surface area contributed by atoms with Gasteiger partial charge in [-0.15, -0.1) is 0 Å². The van der Waals surface area contributed by atoms with Crippen molar-refractivity contribution in [1.82, 2.24) is 0 Å². The van der Waals surface area contributed by atoms with E-state index in [0.29, 0.717) is 0 Å². The van der Waals surface area contributed by atoms with Crippen molar-refractivity contribution in [2.75, 3.05) is 7.11 Å². The number of methoxy groups -OCH3 is 1. The Labute approximate surface area is 98.8 Å². The summed E-state index contributed by atoms with van der Waals surface area (Å²) in [7, 11) is 1.73. The molecule has 0 aliphatic rings. The number of hydrogen-bond acceptors (Lipinski definition) is 2. The lowest BCUT2D eigenvalue weighted by Gasteiger charge is -2.27. The Bertz CT molecular complexity index is 358. The van der Waals surface area contributed by atoms with Gasteiger partial charge in [0.2, 0.25) is 0 Å². The minimum atomic E-state index is -0.168. The van der Waals surface area contributed by atoms with E-state index in [1.165, 1.54) is 16.7 Å². The normalized spacial score (nSPS) is 13.9. The van der Waals surface area contributed by atoms with Crippen LogP contribution in [-0.4, -0.2) is 12.7 Å². The second kappa shape index (κ2) is 4.98. The highest BCUT2D eigenvalue weighted by Gasteiger charge is 2.21. The van der Waals surface area contributed by atoms with Gasteiger partial charge in [-0.2, -0.15) is 0 Å². The fraction of sp³-hybridized carbons (Fsp3) is 0.571. The highest BCUT2D eigenvalue weighted by Crippen LogP contribution is 2.25. The van der Waals surface area contributed by atoms with E-state index in [1.807, 2.05) is 0 Å². The zero-order valence-electron chi connectivity index (χ0n) is 11.0. The molecule has 2 nitrogen and oxygen atoms in total. The minimum absolute atomic E-state index is 0.0363. The summed E-state index contributed by atoms with van der Waals surface area (Å²) in [6, 6.07) is 6.45. The number of nitrogens with two attached hydrogens (primary N) is 1. The molecule has 1 atom stereocenters. The Balaban J connectivity index is 2.81. The molecular formula is C14H23NO. The van der Waals surface area contributed by atoms with Crippen molar-refractivity contribution in [3.63, 3.8) is 0 Å². The topological polar surface area (TPSA) is 35.2 Å². The molecule has 1 unspecified atom stereocenters. The number of hydrogen-bond donors (Lipinski definition) is 1. The first kappa shape index (κ1) is 13.2. The molecule has 0 saturated carbocycles. The van der Waals surface area contributed by atoms with Crippen molar-refractivity contribution in [2.24, 2.45) is 5.73 Å². The second-order valence-electron chi connectivity index (χ2n) is 5.12. The van der Waals surface area contributed by atoms with E-state index in [4.69, 9.17) is 10.5 Å². The van der Waals surface area contributed by atoms with E-state index in [-0.39, 0.29) is 11.6 Å². The molecular weight excluding hydrogens is 198 g/mol. The largest absolute Gasteiger partial charge is 0.379 e. The van der Waals surface area contributed by atoms with E-state index in [1.54, 1.807) is 7.11 Å². The number of benzene rings is 1. The molecule has 16 heavy (non-hydrogen) atoms. The Morgan fingerprint density at radius 2 is 1.88 bits per heavy atom. The lowest BCUT2D eigenvalue weighted by Crippen LogP contribution is -2.28. The highest BCUT2D eigenvalue weighted by atomic mass is 16.5. The van der Waals surface area contributed by atoms with Crippen LogP contribution in [0.4, 0.5) is 0 Å². The van der Waals surface area contributed by atoms with Gasteiger partial charge in [0.1, 0.15) is 0 Å². The fourth-order valence-corrected chi connectivity index (χ4v) is 1.73. The summed E-state index contributed by atoms with van der Waals surface area (Å²) in [6.45, 7) is 8.36. The second-order valence-corrected chi connectivity index (χ2v) is 5.12. The minimum Gasteiger partial charge on any atom is -0.379 e. The number of ether oxygens (including phenoxy) is 1. The molecule has 0 radical (unpaired) electrons. The third-order valence-electron chi connectivity index (χ3n) is 3.22. The molecule has 0 fully saturated rings. The van der Waals surface area contributed by atoms with Crippen molar-refractivity contribution >= 4 is 0 Å². The highest BCUT2D eigenvalue weighted by molar-refractivity contribution is 5.31. The maximum Gasteiger partial charge on any atom is 0.0640 e. The van der Waals surface area contributed by atoms with Gasteiger partial charge in [-0.05, 0) is 50.8 Å². The van der Waals surface area contributed by atoms with E-state index < -0.39 is 0 Å². The number of rotatable bonds is 4. The fourth-order valence-electron chi connectivity index (χ4n) is 1.73. The van der Waals surface area contributed by atoms with Crippen molar-refractivity contribution in [2.45, 2.75) is 45.8 Å². The van der Waals surface area contributed by atoms with Gasteiger partial charge in [-0.3, -0.25) is 0 Å². The predicted octanol–water partition coefficient (Wildman–Crippen LogP) is 3.12. The first-order valence-electron chi connectivity index (χ1n) is 5.73. The predicted molar refractivity (Wildman–Crippen MR) is 68.5 cm³/mol. The van der Waals surface area contributed by atoms with Gasteiger partial charge in [-0.1, -0.05) is 18.2 Å². The van der Waals surface area contributed by atoms with Gasteiger partial charge >= 0.3 is 0 Å². The molecule has 0 aliphatic carbocycles. The molecule has 2 heteroatoms. The summed E-state index contributed by atoms with van der Waals surface area (Å²) < 4.78 is 5.40. The molecule has 0 bridgehead atoms. The summed E-state index contributed by atoms with van der Waals surface area (Å²) in [4.78, 5) is 0. The van der Waals surface area contributed by atoms with Gasteiger partial charge in [0, 0.05) is 13.2 Å². The van der Waals surface area contributed by atoms with Gasteiger partial charge in [0.25, 0.3) is 0 Å². The zero-order valence-corrected chi connectivity index (χ0v) is 11.0. The van der Waals surface area contributed by atoms with E-state index in [9.17, 15) is 0 Å². The third kappa shape index (κ3) is 3.32. The van der Waals surface area contributed by atoms with Gasteiger partial charge in [0.05, 0.1) is 5.60 Å². The van der Waals surface area contributed by atoms with E-state index in [0.717, 1.165) is 6.42 Å². The van der Waals surface area contributed by atoms with Crippen LogP contribution in [0, 0.1) is 13.8 Å². The standard InChI is InChI=1S/C14H23NO/c1-10-6-7-12(8-11(10)2)13(15)9-14(3,4)16-5/h6-8,13H,9,15H2,1-5H3. The molecule has 0 amide bonds. The molecule has 2 N–H and O–H groups in total. The van der Waals surface area contributed by atoms with Gasteiger partial charge < -0.3 is 10.5 Å². The Hall–Kier alpha value is -0.860. The van der Waals surface area contributed by atoms with Crippen LogP contribution in [0.3, 0.4) is 0 Å². The molecule has 0 aromatic heterocycles. The summed E-state index contributed by atoms with van der Waals surface area (Å²) in [6.07, 6.45) is 0.825. The van der Waals surface area contributed by atoms with Crippen LogP contribution in [0.15, 0.2) is 18.2 Å². The van der Waals surface area contributed by atoms with E-state index in [2.05, 4.69) is 45.9 Å². The van der Waals surface area contributed by atoms with Gasteiger partial charge in [0.15, 0.2) is 0 Å². The molecule has 0 spiro atoms. The van der Waals surface area contributed by atoms with Crippen LogP contribution in [0.2, 0.25) is 0 Å². The summed E-state index contributed by atoms with van der Waals surface area (Å²) >= 11 is 0. The summed E-state index contributed by atoms with van der Waals surface area (Å²) in [5.41, 5.74) is 9.82. The molecule has 1 aromatic carbocycles. The Morgan fingerprint density at radius 3 is 2.38 bits per heavy atom. The van der Waals surface area contributed by atoms with Crippen molar-refractivity contribution in [3.05, 3.63) is 34.9 Å². The molecule has 0 aliphatic heterocycles. The van der Waals surface area contributed by atoms with Crippen LogP contribution >= 0.6 is 0 Å². The maximum absolute atomic E-state index is 6.20. The lowest BCUT2D eigenvalue weighted by atomic mass is 9.92. The lowest BCUT2D eigenvalue weighted by molar-refractivity contribution is 0.00995. The summed E-state index contributed by atoms with van der Waals surface area (Å²) in [5.74, 6) is 0.